The Morgan fingerprint density at radius 3 is 2.20 bits per heavy atom. The second-order valence-corrected chi connectivity index (χ2v) is 6.95. The Labute approximate surface area is 123 Å². The molecule has 1 N–H and O–H groups in total. The Hall–Kier alpha value is -0.570. The average molecular weight is 281 g/mol. The SMILES string of the molecule is CCCC1(C(=O)O)CCN(C2CCC(CC)CC2)CC1. The number of carbonyl (C=O) groups is 1. The van der Waals surface area contributed by atoms with Gasteiger partial charge in [0.05, 0.1) is 5.41 Å². The van der Waals surface area contributed by atoms with E-state index in [-0.39, 0.29) is 0 Å². The lowest BCUT2D eigenvalue weighted by molar-refractivity contribution is -0.153. The van der Waals surface area contributed by atoms with Gasteiger partial charge in [-0.2, -0.15) is 0 Å². The second-order valence-electron chi connectivity index (χ2n) is 6.95. The average Bonchev–Trinajstić information content (AvgIpc) is 2.48. The van der Waals surface area contributed by atoms with Crippen molar-refractivity contribution in [3.63, 3.8) is 0 Å². The standard InChI is InChI=1S/C17H31NO2/c1-3-9-17(16(19)20)10-12-18(13-11-17)15-7-5-14(4-2)6-8-15/h14-15H,3-13H2,1-2H3,(H,19,20). The van der Waals surface area contributed by atoms with Gasteiger partial charge in [0.1, 0.15) is 0 Å². The number of hydrogen-bond donors (Lipinski definition) is 1. The molecule has 20 heavy (non-hydrogen) atoms. The Balaban J connectivity index is 1.86. The molecule has 0 spiro atoms. The molecule has 116 valence electrons. The summed E-state index contributed by atoms with van der Waals surface area (Å²) in [6.45, 7) is 6.39. The van der Waals surface area contributed by atoms with E-state index < -0.39 is 11.4 Å². The third kappa shape index (κ3) is 3.36. The molecule has 0 aromatic carbocycles. The predicted octanol–water partition coefficient (Wildman–Crippen LogP) is 3.92. The Morgan fingerprint density at radius 2 is 1.75 bits per heavy atom. The Bertz CT molecular complexity index is 313. The zero-order chi connectivity index (χ0) is 14.6. The fourth-order valence-corrected chi connectivity index (χ4v) is 4.28. The summed E-state index contributed by atoms with van der Waals surface area (Å²) in [7, 11) is 0. The van der Waals surface area contributed by atoms with Gasteiger partial charge in [-0.1, -0.05) is 26.7 Å². The van der Waals surface area contributed by atoms with Gasteiger partial charge in [-0.25, -0.2) is 0 Å². The van der Waals surface area contributed by atoms with Crippen LogP contribution in [0.5, 0.6) is 0 Å². The van der Waals surface area contributed by atoms with Crippen LogP contribution in [0.25, 0.3) is 0 Å². The van der Waals surface area contributed by atoms with Crippen molar-refractivity contribution in [2.45, 2.75) is 77.7 Å². The number of piperidine rings is 1. The summed E-state index contributed by atoms with van der Waals surface area (Å²) in [5, 5.41) is 9.56. The molecule has 0 bridgehead atoms. The van der Waals surface area contributed by atoms with Crippen molar-refractivity contribution in [2.75, 3.05) is 13.1 Å². The predicted molar refractivity (Wildman–Crippen MR) is 81.8 cm³/mol. The number of nitrogens with zero attached hydrogens (tertiary/aromatic N) is 1. The highest BCUT2D eigenvalue weighted by atomic mass is 16.4. The van der Waals surface area contributed by atoms with Crippen molar-refractivity contribution >= 4 is 5.97 Å². The van der Waals surface area contributed by atoms with E-state index >= 15 is 0 Å². The number of rotatable bonds is 5. The first-order chi connectivity index (χ1) is 9.61. The van der Waals surface area contributed by atoms with Crippen LogP contribution in [0.3, 0.4) is 0 Å². The molecule has 1 saturated heterocycles. The van der Waals surface area contributed by atoms with Gasteiger partial charge in [0, 0.05) is 6.04 Å². The topological polar surface area (TPSA) is 40.5 Å². The molecular formula is C17H31NO2. The summed E-state index contributed by atoms with van der Waals surface area (Å²) in [5.41, 5.74) is -0.425. The molecule has 0 aromatic rings. The zero-order valence-electron chi connectivity index (χ0n) is 13.2. The van der Waals surface area contributed by atoms with Crippen LogP contribution < -0.4 is 0 Å². The van der Waals surface area contributed by atoms with Crippen LogP contribution in [0.15, 0.2) is 0 Å². The van der Waals surface area contributed by atoms with Gasteiger partial charge in [0.25, 0.3) is 0 Å². The minimum atomic E-state index is -0.561. The van der Waals surface area contributed by atoms with Crippen LogP contribution in [0.2, 0.25) is 0 Å². The van der Waals surface area contributed by atoms with Gasteiger partial charge in [-0.15, -0.1) is 0 Å². The van der Waals surface area contributed by atoms with Crippen molar-refractivity contribution in [1.29, 1.82) is 0 Å². The number of carboxylic acids is 1. The molecule has 0 unspecified atom stereocenters. The maximum atomic E-state index is 11.6. The van der Waals surface area contributed by atoms with Crippen molar-refractivity contribution in [2.24, 2.45) is 11.3 Å². The Kier molecular flexibility index (Phi) is 5.48. The van der Waals surface area contributed by atoms with Gasteiger partial charge in [-0.05, 0) is 64.0 Å². The quantitative estimate of drug-likeness (QED) is 0.830. The lowest BCUT2D eigenvalue weighted by Gasteiger charge is -2.44. The first-order valence-corrected chi connectivity index (χ1v) is 8.58. The van der Waals surface area contributed by atoms with Crippen molar-refractivity contribution in [3.05, 3.63) is 0 Å². The summed E-state index contributed by atoms with van der Waals surface area (Å²) >= 11 is 0. The monoisotopic (exact) mass is 281 g/mol. The first kappa shape index (κ1) is 15.8. The maximum absolute atomic E-state index is 11.6. The van der Waals surface area contributed by atoms with E-state index in [1.165, 1.54) is 32.1 Å². The molecule has 2 fully saturated rings. The minimum absolute atomic E-state index is 0.425. The fraction of sp³-hybridized carbons (Fsp3) is 0.941. The van der Waals surface area contributed by atoms with E-state index in [1.807, 2.05) is 0 Å². The van der Waals surface area contributed by atoms with Crippen LogP contribution in [-0.4, -0.2) is 35.1 Å². The summed E-state index contributed by atoms with van der Waals surface area (Å²) in [6.07, 6.45) is 10.2. The first-order valence-electron chi connectivity index (χ1n) is 8.58. The van der Waals surface area contributed by atoms with Crippen LogP contribution in [0, 0.1) is 11.3 Å². The second kappa shape index (κ2) is 6.93. The number of aliphatic carboxylic acids is 1. The van der Waals surface area contributed by atoms with E-state index in [4.69, 9.17) is 0 Å². The summed E-state index contributed by atoms with van der Waals surface area (Å²) < 4.78 is 0. The Morgan fingerprint density at radius 1 is 1.15 bits per heavy atom. The molecule has 1 heterocycles. The molecule has 0 radical (unpaired) electrons. The van der Waals surface area contributed by atoms with Gasteiger partial charge >= 0.3 is 5.97 Å². The van der Waals surface area contributed by atoms with Crippen molar-refractivity contribution in [1.82, 2.24) is 4.90 Å². The largest absolute Gasteiger partial charge is 0.481 e. The fourth-order valence-electron chi connectivity index (χ4n) is 4.28. The summed E-state index contributed by atoms with van der Waals surface area (Å²) in [6, 6.07) is 0.728. The number of hydrogen-bond acceptors (Lipinski definition) is 2. The molecule has 3 heteroatoms. The van der Waals surface area contributed by atoms with E-state index in [9.17, 15) is 9.90 Å². The van der Waals surface area contributed by atoms with Crippen molar-refractivity contribution < 1.29 is 9.90 Å². The van der Waals surface area contributed by atoms with E-state index in [0.717, 1.165) is 50.7 Å². The lowest BCUT2D eigenvalue weighted by atomic mass is 9.74. The minimum Gasteiger partial charge on any atom is -0.481 e. The van der Waals surface area contributed by atoms with Gasteiger partial charge in [0.2, 0.25) is 0 Å². The molecule has 1 aliphatic heterocycles. The smallest absolute Gasteiger partial charge is 0.309 e. The number of likely N-dealkylation sites (tertiary alicyclic amines) is 1. The van der Waals surface area contributed by atoms with E-state index in [2.05, 4.69) is 18.7 Å². The van der Waals surface area contributed by atoms with Crippen LogP contribution in [0.4, 0.5) is 0 Å². The summed E-state index contributed by atoms with van der Waals surface area (Å²) in [5.74, 6) is 0.378. The highest BCUT2D eigenvalue weighted by molar-refractivity contribution is 5.74. The highest BCUT2D eigenvalue weighted by Gasteiger charge is 2.42. The zero-order valence-corrected chi connectivity index (χ0v) is 13.2. The van der Waals surface area contributed by atoms with Gasteiger partial charge in [-0.3, -0.25) is 4.79 Å². The maximum Gasteiger partial charge on any atom is 0.309 e. The molecule has 0 amide bonds. The molecular weight excluding hydrogens is 250 g/mol. The normalized spacial score (nSPS) is 31.1. The lowest BCUT2D eigenvalue weighted by Crippen LogP contribution is -2.48. The van der Waals surface area contributed by atoms with E-state index in [1.54, 1.807) is 0 Å². The summed E-state index contributed by atoms with van der Waals surface area (Å²) in [4.78, 5) is 14.2. The van der Waals surface area contributed by atoms with Gasteiger partial charge in [0.15, 0.2) is 0 Å². The van der Waals surface area contributed by atoms with Crippen LogP contribution >= 0.6 is 0 Å². The third-order valence-electron chi connectivity index (χ3n) is 5.85. The third-order valence-corrected chi connectivity index (χ3v) is 5.85. The van der Waals surface area contributed by atoms with E-state index in [0.29, 0.717) is 0 Å². The van der Waals surface area contributed by atoms with Crippen LogP contribution in [0.1, 0.15) is 71.6 Å². The van der Waals surface area contributed by atoms with Crippen LogP contribution in [-0.2, 0) is 4.79 Å². The molecule has 0 atom stereocenters. The molecule has 2 rings (SSSR count). The molecule has 1 aliphatic carbocycles. The van der Waals surface area contributed by atoms with Crippen molar-refractivity contribution in [3.8, 4) is 0 Å². The highest BCUT2D eigenvalue weighted by Crippen LogP contribution is 2.39. The number of carboxylic acid groups (broad SMARTS) is 1. The molecule has 2 aliphatic rings. The molecule has 1 saturated carbocycles. The molecule has 0 aromatic heterocycles. The van der Waals surface area contributed by atoms with Gasteiger partial charge < -0.3 is 10.0 Å². The molecule has 3 nitrogen and oxygen atoms in total.